The average Bonchev–Trinajstić information content (AvgIpc) is 3.32. The first-order valence-electron chi connectivity index (χ1n) is 9.06. The first-order chi connectivity index (χ1) is 14.4. The fraction of sp³-hybridized carbons (Fsp3) is 0.0909. The molecular formula is C22H16ClN3O3S. The monoisotopic (exact) mass is 437 g/mol. The molecule has 150 valence electrons. The maximum absolute atomic E-state index is 12.3. The summed E-state index contributed by atoms with van der Waals surface area (Å²) in [5.41, 5.74) is 7.56. The highest BCUT2D eigenvalue weighted by molar-refractivity contribution is 7.10. The quantitative estimate of drug-likeness (QED) is 0.597. The van der Waals surface area contributed by atoms with E-state index < -0.39 is 29.6 Å². The van der Waals surface area contributed by atoms with Crippen molar-refractivity contribution in [2.45, 2.75) is 11.8 Å². The number of hydrogen-bond acceptors (Lipinski definition) is 5. The Morgan fingerprint density at radius 1 is 1.07 bits per heavy atom. The van der Waals surface area contributed by atoms with Crippen LogP contribution >= 0.6 is 22.9 Å². The molecule has 2 aromatic carbocycles. The summed E-state index contributed by atoms with van der Waals surface area (Å²) < 4.78 is 0. The number of aliphatic imine (C=N–C) groups is 1. The molecule has 1 aliphatic heterocycles. The predicted octanol–water partition coefficient (Wildman–Crippen LogP) is 3.53. The van der Waals surface area contributed by atoms with Gasteiger partial charge in [0.25, 0.3) is 5.91 Å². The van der Waals surface area contributed by atoms with Gasteiger partial charge in [-0.2, -0.15) is 0 Å². The fourth-order valence-electron chi connectivity index (χ4n) is 3.39. The molecule has 2 atom stereocenters. The number of hydrogen-bond donors (Lipinski definition) is 2. The number of nitrogens with zero attached hydrogens (tertiary/aromatic N) is 1. The molecule has 0 spiro atoms. The lowest BCUT2D eigenvalue weighted by Crippen LogP contribution is -2.22. The van der Waals surface area contributed by atoms with Gasteiger partial charge in [0, 0.05) is 9.90 Å². The van der Waals surface area contributed by atoms with Crippen LogP contribution in [0.5, 0.6) is 0 Å². The largest absolute Gasteiger partial charge is 0.369 e. The van der Waals surface area contributed by atoms with Gasteiger partial charge in [0.15, 0.2) is 0 Å². The number of halogens is 1. The van der Waals surface area contributed by atoms with Crippen molar-refractivity contribution in [2.24, 2.45) is 10.7 Å². The second-order valence-corrected chi connectivity index (χ2v) is 8.16. The third-order valence-electron chi connectivity index (χ3n) is 4.80. The summed E-state index contributed by atoms with van der Waals surface area (Å²) in [5.74, 6) is -2.76. The molecule has 6 nitrogen and oxygen atoms in total. The number of nitrogens with two attached hydrogens (primary N) is 1. The Bertz CT molecular complexity index is 1140. The lowest BCUT2D eigenvalue weighted by molar-refractivity contribution is -0.124. The molecule has 8 heteroatoms. The average molecular weight is 438 g/mol. The van der Waals surface area contributed by atoms with E-state index in [2.05, 4.69) is 10.3 Å². The van der Waals surface area contributed by atoms with E-state index in [-0.39, 0.29) is 5.71 Å². The van der Waals surface area contributed by atoms with E-state index in [9.17, 15) is 14.4 Å². The first kappa shape index (κ1) is 20.0. The zero-order valence-corrected chi connectivity index (χ0v) is 17.1. The molecule has 3 N–H and O–H groups in total. The Kier molecular flexibility index (Phi) is 5.48. The van der Waals surface area contributed by atoms with Gasteiger partial charge in [0.05, 0.1) is 11.6 Å². The number of rotatable bonds is 5. The van der Waals surface area contributed by atoms with Gasteiger partial charge in [-0.1, -0.05) is 41.9 Å². The van der Waals surface area contributed by atoms with Crippen molar-refractivity contribution in [1.29, 1.82) is 0 Å². The highest BCUT2D eigenvalue weighted by Crippen LogP contribution is 2.31. The molecule has 1 fully saturated rings. The highest BCUT2D eigenvalue weighted by Gasteiger charge is 2.39. The second-order valence-electron chi connectivity index (χ2n) is 6.74. The summed E-state index contributed by atoms with van der Waals surface area (Å²) in [5, 5.41) is 4.73. The zero-order valence-electron chi connectivity index (χ0n) is 15.5. The molecule has 0 saturated carbocycles. The van der Waals surface area contributed by atoms with Gasteiger partial charge in [0.1, 0.15) is 11.6 Å². The van der Waals surface area contributed by atoms with E-state index in [4.69, 9.17) is 17.3 Å². The molecule has 3 aromatic rings. The number of benzene rings is 2. The second kappa shape index (κ2) is 8.22. The standard InChI is InChI=1S/C22H16ClN3O3S/c23-14-7-3-13(4-8-14)18-19(22(29)26-21(18)28)25-15-9-5-12(6-10-15)17(20(24)27)16-2-1-11-30-16/h1-11,17-18H,(H2,24,27)(H,26,28,29). The maximum atomic E-state index is 12.3. The zero-order chi connectivity index (χ0) is 21.3. The van der Waals surface area contributed by atoms with Crippen LogP contribution in [0.25, 0.3) is 0 Å². The molecule has 2 heterocycles. The van der Waals surface area contributed by atoms with Crippen LogP contribution in [-0.2, 0) is 14.4 Å². The Morgan fingerprint density at radius 3 is 2.37 bits per heavy atom. The SMILES string of the molecule is NC(=O)C(c1ccc(N=C2C(=O)NC(=O)C2c2ccc(Cl)cc2)cc1)c1cccs1. The molecule has 0 bridgehead atoms. The van der Waals surface area contributed by atoms with Crippen molar-refractivity contribution in [3.8, 4) is 0 Å². The minimum absolute atomic E-state index is 0.111. The van der Waals surface area contributed by atoms with Gasteiger partial charge in [-0.15, -0.1) is 11.3 Å². The summed E-state index contributed by atoms with van der Waals surface area (Å²) in [7, 11) is 0. The normalized spacial score (nSPS) is 18.4. The number of amides is 3. The third kappa shape index (κ3) is 3.90. The number of primary amides is 1. The van der Waals surface area contributed by atoms with Gasteiger partial charge in [-0.05, 0) is 46.8 Å². The van der Waals surface area contributed by atoms with Crippen LogP contribution in [0, 0.1) is 0 Å². The van der Waals surface area contributed by atoms with E-state index in [1.165, 1.54) is 11.3 Å². The fourth-order valence-corrected chi connectivity index (χ4v) is 4.37. The number of carbonyl (C=O) groups excluding carboxylic acids is 3. The van der Waals surface area contributed by atoms with Crippen molar-refractivity contribution in [2.75, 3.05) is 0 Å². The first-order valence-corrected chi connectivity index (χ1v) is 10.3. The Labute approximate surface area is 181 Å². The predicted molar refractivity (Wildman–Crippen MR) is 116 cm³/mol. The van der Waals surface area contributed by atoms with Gasteiger partial charge >= 0.3 is 0 Å². The van der Waals surface area contributed by atoms with Crippen molar-refractivity contribution in [1.82, 2.24) is 5.32 Å². The third-order valence-corrected chi connectivity index (χ3v) is 5.99. The van der Waals surface area contributed by atoms with Crippen LogP contribution in [0.1, 0.15) is 27.8 Å². The van der Waals surface area contributed by atoms with E-state index >= 15 is 0 Å². The van der Waals surface area contributed by atoms with Gasteiger partial charge in [0.2, 0.25) is 11.8 Å². The van der Waals surface area contributed by atoms with Crippen LogP contribution in [0.4, 0.5) is 5.69 Å². The number of imide groups is 1. The molecule has 1 saturated heterocycles. The van der Waals surface area contributed by atoms with E-state index in [1.54, 1.807) is 48.5 Å². The van der Waals surface area contributed by atoms with Crippen LogP contribution in [0.2, 0.25) is 5.02 Å². The Balaban J connectivity index is 1.66. The van der Waals surface area contributed by atoms with Crippen molar-refractivity contribution < 1.29 is 14.4 Å². The summed E-state index contributed by atoms with van der Waals surface area (Å²) in [4.78, 5) is 41.9. The molecule has 1 aliphatic rings. The topological polar surface area (TPSA) is 102 Å². The molecule has 3 amide bonds. The van der Waals surface area contributed by atoms with Crippen LogP contribution in [0.3, 0.4) is 0 Å². The van der Waals surface area contributed by atoms with Crippen molar-refractivity contribution >= 4 is 52.1 Å². The van der Waals surface area contributed by atoms with Gasteiger partial charge in [-0.25, -0.2) is 4.99 Å². The van der Waals surface area contributed by atoms with E-state index in [1.807, 2.05) is 17.5 Å². The van der Waals surface area contributed by atoms with Crippen molar-refractivity contribution in [3.05, 3.63) is 87.1 Å². The lowest BCUT2D eigenvalue weighted by atomic mass is 9.95. The van der Waals surface area contributed by atoms with Crippen LogP contribution in [0.15, 0.2) is 71.0 Å². The van der Waals surface area contributed by atoms with E-state index in [0.29, 0.717) is 16.3 Å². The number of nitrogens with one attached hydrogen (secondary N) is 1. The molecule has 30 heavy (non-hydrogen) atoms. The highest BCUT2D eigenvalue weighted by atomic mass is 35.5. The van der Waals surface area contributed by atoms with Crippen molar-refractivity contribution in [3.63, 3.8) is 0 Å². The maximum Gasteiger partial charge on any atom is 0.273 e. The molecule has 0 radical (unpaired) electrons. The van der Waals surface area contributed by atoms with E-state index in [0.717, 1.165) is 10.4 Å². The summed E-state index contributed by atoms with van der Waals surface area (Å²) in [6.45, 7) is 0. The Hall–Kier alpha value is -3.29. The summed E-state index contributed by atoms with van der Waals surface area (Å²) >= 11 is 7.37. The molecular weight excluding hydrogens is 422 g/mol. The minimum Gasteiger partial charge on any atom is -0.369 e. The van der Waals surface area contributed by atoms with Gasteiger partial charge in [-0.3, -0.25) is 19.7 Å². The molecule has 0 aliphatic carbocycles. The molecule has 2 unspecified atom stereocenters. The summed E-state index contributed by atoms with van der Waals surface area (Å²) in [6, 6.07) is 17.3. The summed E-state index contributed by atoms with van der Waals surface area (Å²) in [6.07, 6.45) is 0. The number of carbonyl (C=O) groups is 3. The lowest BCUT2D eigenvalue weighted by Gasteiger charge is -2.12. The molecule has 4 rings (SSSR count). The van der Waals surface area contributed by atoms with Crippen LogP contribution < -0.4 is 11.1 Å². The van der Waals surface area contributed by atoms with Crippen LogP contribution in [-0.4, -0.2) is 23.4 Å². The number of thiophene rings is 1. The molecule has 1 aromatic heterocycles. The smallest absolute Gasteiger partial charge is 0.273 e. The van der Waals surface area contributed by atoms with Gasteiger partial charge < -0.3 is 5.73 Å². The Morgan fingerprint density at radius 2 is 1.77 bits per heavy atom. The minimum atomic E-state index is -0.807.